The second-order valence-corrected chi connectivity index (χ2v) is 6.18. The predicted octanol–water partition coefficient (Wildman–Crippen LogP) is 2.94. The Hall–Kier alpha value is -1.22. The zero-order valence-electron chi connectivity index (χ0n) is 13.5. The molecule has 0 amide bonds. The number of benzene rings is 1. The number of rotatable bonds is 4. The molecule has 0 bridgehead atoms. The van der Waals surface area contributed by atoms with Crippen LogP contribution in [0.3, 0.4) is 0 Å². The van der Waals surface area contributed by atoms with Crippen LogP contribution < -0.4 is 15.0 Å². The Bertz CT molecular complexity index is 498. The summed E-state index contributed by atoms with van der Waals surface area (Å²) in [5.41, 5.74) is 6.10. The second-order valence-electron chi connectivity index (χ2n) is 6.18. The second kappa shape index (κ2) is 6.69. The van der Waals surface area contributed by atoms with Crippen molar-refractivity contribution in [1.29, 1.82) is 0 Å². The lowest BCUT2D eigenvalue weighted by molar-refractivity contribution is 0.306. The van der Waals surface area contributed by atoms with Crippen LogP contribution in [0.5, 0.6) is 5.75 Å². The molecule has 0 aliphatic carbocycles. The van der Waals surface area contributed by atoms with E-state index in [0.717, 1.165) is 51.4 Å². The lowest BCUT2D eigenvalue weighted by atomic mass is 9.91. The van der Waals surface area contributed by atoms with E-state index < -0.39 is 0 Å². The summed E-state index contributed by atoms with van der Waals surface area (Å²) < 4.78 is 6.03. The molecule has 0 fully saturated rings. The van der Waals surface area contributed by atoms with Gasteiger partial charge in [-0.2, -0.15) is 0 Å². The Morgan fingerprint density at radius 1 is 1.19 bits per heavy atom. The first kappa shape index (κ1) is 14.7. The van der Waals surface area contributed by atoms with Crippen LogP contribution >= 0.6 is 0 Å². The Labute approximate surface area is 128 Å². The van der Waals surface area contributed by atoms with Crippen LogP contribution in [0.15, 0.2) is 6.07 Å². The molecule has 0 radical (unpaired) electrons. The molecule has 2 aliphatic heterocycles. The maximum absolute atomic E-state index is 6.03. The molecule has 0 atom stereocenters. The van der Waals surface area contributed by atoms with E-state index in [1.807, 2.05) is 0 Å². The molecule has 0 saturated heterocycles. The third kappa shape index (κ3) is 2.89. The van der Waals surface area contributed by atoms with E-state index in [-0.39, 0.29) is 0 Å². The van der Waals surface area contributed by atoms with Crippen molar-refractivity contribution in [2.45, 2.75) is 46.0 Å². The third-order valence-corrected chi connectivity index (χ3v) is 4.63. The summed E-state index contributed by atoms with van der Waals surface area (Å²) in [6.07, 6.45) is 5.88. The Balaban J connectivity index is 2.10. The predicted molar refractivity (Wildman–Crippen MR) is 88.7 cm³/mol. The number of hydrogen-bond donors (Lipinski definition) is 1. The summed E-state index contributed by atoms with van der Waals surface area (Å²) in [4.78, 5) is 2.56. The fourth-order valence-electron chi connectivity index (χ4n) is 3.74. The lowest BCUT2D eigenvalue weighted by Crippen LogP contribution is -2.34. The lowest BCUT2D eigenvalue weighted by Gasteiger charge is -2.35. The first-order chi connectivity index (χ1) is 10.3. The molecule has 0 saturated carbocycles. The normalized spacial score (nSPS) is 17.7. The van der Waals surface area contributed by atoms with E-state index >= 15 is 0 Å². The largest absolute Gasteiger partial charge is 0.490 e. The number of nitrogens with one attached hydrogen (secondary N) is 1. The first-order valence-corrected chi connectivity index (χ1v) is 8.61. The maximum Gasteiger partial charge on any atom is 0.143 e. The van der Waals surface area contributed by atoms with Crippen molar-refractivity contribution in [3.05, 3.63) is 22.8 Å². The molecule has 2 heterocycles. The quantitative estimate of drug-likeness (QED) is 0.922. The number of anilines is 1. The fourth-order valence-corrected chi connectivity index (χ4v) is 3.74. The first-order valence-electron chi connectivity index (χ1n) is 8.61. The van der Waals surface area contributed by atoms with E-state index in [0.29, 0.717) is 0 Å². The molecule has 0 spiro atoms. The molecule has 3 heteroatoms. The van der Waals surface area contributed by atoms with Crippen LogP contribution in [0.4, 0.5) is 5.69 Å². The molecule has 0 aromatic heterocycles. The molecule has 2 aliphatic rings. The van der Waals surface area contributed by atoms with Gasteiger partial charge in [0, 0.05) is 6.54 Å². The van der Waals surface area contributed by atoms with E-state index in [4.69, 9.17) is 4.74 Å². The molecular weight excluding hydrogens is 260 g/mol. The standard InChI is InChI=1S/C18H28N2O/c1-3-5-16-15-7-9-19-8-6-14(15)13-17-18(16)20(10-4-2)11-12-21-17/h13,19H,3-12H2,1-2H3. The SMILES string of the molecule is CCCc1c2c(cc3c1N(CCC)CCO3)CCNCC2. The van der Waals surface area contributed by atoms with Gasteiger partial charge in [-0.05, 0) is 61.5 Å². The van der Waals surface area contributed by atoms with Crippen LogP contribution in [0.25, 0.3) is 0 Å². The fraction of sp³-hybridized carbons (Fsp3) is 0.667. The van der Waals surface area contributed by atoms with Crippen LogP contribution in [0.2, 0.25) is 0 Å². The van der Waals surface area contributed by atoms with Crippen LogP contribution in [0, 0.1) is 0 Å². The highest BCUT2D eigenvalue weighted by Gasteiger charge is 2.25. The number of ether oxygens (including phenoxy) is 1. The smallest absolute Gasteiger partial charge is 0.143 e. The van der Waals surface area contributed by atoms with Crippen molar-refractivity contribution >= 4 is 5.69 Å². The summed E-state index contributed by atoms with van der Waals surface area (Å²) in [5.74, 6) is 1.14. The van der Waals surface area contributed by atoms with Gasteiger partial charge in [0.25, 0.3) is 0 Å². The van der Waals surface area contributed by atoms with Crippen molar-refractivity contribution in [3.63, 3.8) is 0 Å². The highest BCUT2D eigenvalue weighted by atomic mass is 16.5. The molecule has 3 nitrogen and oxygen atoms in total. The van der Waals surface area contributed by atoms with Gasteiger partial charge in [-0.15, -0.1) is 0 Å². The summed E-state index contributed by atoms with van der Waals surface area (Å²) in [5, 5.41) is 3.54. The Morgan fingerprint density at radius 3 is 2.86 bits per heavy atom. The van der Waals surface area contributed by atoms with E-state index in [2.05, 4.69) is 30.1 Å². The average Bonchev–Trinajstić information content (AvgIpc) is 2.73. The van der Waals surface area contributed by atoms with Crippen molar-refractivity contribution in [2.24, 2.45) is 0 Å². The monoisotopic (exact) mass is 288 g/mol. The van der Waals surface area contributed by atoms with Crippen molar-refractivity contribution in [2.75, 3.05) is 37.7 Å². The molecular formula is C18H28N2O. The van der Waals surface area contributed by atoms with Gasteiger partial charge in [0.05, 0.1) is 12.2 Å². The van der Waals surface area contributed by atoms with Gasteiger partial charge in [0.2, 0.25) is 0 Å². The van der Waals surface area contributed by atoms with Crippen LogP contribution in [0.1, 0.15) is 43.4 Å². The molecule has 1 aromatic carbocycles. The van der Waals surface area contributed by atoms with Gasteiger partial charge in [-0.25, -0.2) is 0 Å². The molecule has 116 valence electrons. The van der Waals surface area contributed by atoms with Crippen molar-refractivity contribution < 1.29 is 4.74 Å². The third-order valence-electron chi connectivity index (χ3n) is 4.63. The molecule has 21 heavy (non-hydrogen) atoms. The minimum Gasteiger partial charge on any atom is -0.490 e. The topological polar surface area (TPSA) is 24.5 Å². The Kier molecular flexibility index (Phi) is 4.69. The molecule has 3 rings (SSSR count). The maximum atomic E-state index is 6.03. The van der Waals surface area contributed by atoms with Crippen LogP contribution in [-0.2, 0) is 19.3 Å². The van der Waals surface area contributed by atoms with Gasteiger partial charge in [-0.3, -0.25) is 0 Å². The Morgan fingerprint density at radius 2 is 2.05 bits per heavy atom. The molecule has 1 aromatic rings. The minimum absolute atomic E-state index is 0.829. The minimum atomic E-state index is 0.829. The number of hydrogen-bond acceptors (Lipinski definition) is 3. The highest BCUT2D eigenvalue weighted by molar-refractivity contribution is 5.69. The van der Waals surface area contributed by atoms with Crippen LogP contribution in [-0.4, -0.2) is 32.8 Å². The average molecular weight is 288 g/mol. The summed E-state index contributed by atoms with van der Waals surface area (Å²) in [6.45, 7) is 9.76. The highest BCUT2D eigenvalue weighted by Crippen LogP contribution is 2.40. The number of nitrogens with zero attached hydrogens (tertiary/aromatic N) is 1. The summed E-state index contributed by atoms with van der Waals surface area (Å²) in [6, 6.07) is 2.33. The van der Waals surface area contributed by atoms with E-state index in [9.17, 15) is 0 Å². The zero-order chi connectivity index (χ0) is 14.7. The number of fused-ring (bicyclic) bond motifs is 2. The van der Waals surface area contributed by atoms with Gasteiger partial charge in [0.15, 0.2) is 0 Å². The van der Waals surface area contributed by atoms with Gasteiger partial charge >= 0.3 is 0 Å². The van der Waals surface area contributed by atoms with Gasteiger partial charge in [-0.1, -0.05) is 20.3 Å². The zero-order valence-corrected chi connectivity index (χ0v) is 13.5. The van der Waals surface area contributed by atoms with Crippen molar-refractivity contribution in [1.82, 2.24) is 5.32 Å². The molecule has 0 unspecified atom stereocenters. The van der Waals surface area contributed by atoms with E-state index in [1.165, 1.54) is 30.5 Å². The van der Waals surface area contributed by atoms with Gasteiger partial charge < -0.3 is 15.0 Å². The van der Waals surface area contributed by atoms with Crippen molar-refractivity contribution in [3.8, 4) is 5.75 Å². The summed E-state index contributed by atoms with van der Waals surface area (Å²) >= 11 is 0. The van der Waals surface area contributed by atoms with E-state index in [1.54, 1.807) is 11.1 Å². The summed E-state index contributed by atoms with van der Waals surface area (Å²) in [7, 11) is 0. The van der Waals surface area contributed by atoms with Gasteiger partial charge in [0.1, 0.15) is 12.4 Å². The molecule has 1 N–H and O–H groups in total.